The number of ether oxygens (including phenoxy) is 1. The van der Waals surface area contributed by atoms with Crippen LogP contribution in [0.2, 0.25) is 0 Å². The van der Waals surface area contributed by atoms with Gasteiger partial charge in [0.25, 0.3) is 11.8 Å². The van der Waals surface area contributed by atoms with Crippen molar-refractivity contribution in [3.63, 3.8) is 0 Å². The SMILES string of the molecule is CCCN(Cc1nnc(-c2cccs2)o1)C(=O)COc1cc(C(F)(F)F)cc(C(F)(F)F)c1. The molecule has 13 heteroatoms. The fourth-order valence-corrected chi connectivity index (χ4v) is 3.43. The van der Waals surface area contributed by atoms with Gasteiger partial charge in [-0.05, 0) is 36.1 Å². The van der Waals surface area contributed by atoms with Gasteiger partial charge in [0.1, 0.15) is 5.75 Å². The van der Waals surface area contributed by atoms with Gasteiger partial charge in [0.15, 0.2) is 6.61 Å². The van der Waals surface area contributed by atoms with Crippen LogP contribution < -0.4 is 4.74 Å². The van der Waals surface area contributed by atoms with Crippen molar-refractivity contribution in [1.29, 1.82) is 0 Å². The van der Waals surface area contributed by atoms with E-state index in [-0.39, 0.29) is 30.9 Å². The van der Waals surface area contributed by atoms with Gasteiger partial charge < -0.3 is 14.1 Å². The van der Waals surface area contributed by atoms with E-state index in [1.807, 2.05) is 5.38 Å². The standard InChI is InChI=1S/C20H17F6N3O3S/c1-2-5-29(10-16-27-28-18(32-16)15-4-3-6-33-15)17(30)11-31-14-8-12(19(21,22)23)7-13(9-14)20(24,25)26/h3-4,6-9H,2,5,10-11H2,1H3. The molecule has 0 N–H and O–H groups in total. The first-order valence-electron chi connectivity index (χ1n) is 9.53. The largest absolute Gasteiger partial charge is 0.484 e. The van der Waals surface area contributed by atoms with Gasteiger partial charge in [-0.15, -0.1) is 21.5 Å². The highest BCUT2D eigenvalue weighted by atomic mass is 32.1. The van der Waals surface area contributed by atoms with Gasteiger partial charge in [-0.2, -0.15) is 26.3 Å². The third-order valence-electron chi connectivity index (χ3n) is 4.29. The second-order valence-corrected chi connectivity index (χ2v) is 7.77. The lowest BCUT2D eigenvalue weighted by atomic mass is 10.1. The highest BCUT2D eigenvalue weighted by Gasteiger charge is 2.37. The molecular formula is C20H17F6N3O3S. The van der Waals surface area contributed by atoms with Crippen molar-refractivity contribution in [3.8, 4) is 16.5 Å². The molecule has 178 valence electrons. The molecule has 0 aliphatic heterocycles. The Kier molecular flexibility index (Phi) is 7.30. The van der Waals surface area contributed by atoms with Gasteiger partial charge in [0, 0.05) is 6.54 Å². The van der Waals surface area contributed by atoms with Crippen molar-refractivity contribution in [1.82, 2.24) is 15.1 Å². The molecule has 0 atom stereocenters. The van der Waals surface area contributed by atoms with Gasteiger partial charge in [-0.25, -0.2) is 0 Å². The van der Waals surface area contributed by atoms with Crippen molar-refractivity contribution in [2.75, 3.05) is 13.2 Å². The maximum absolute atomic E-state index is 13.0. The number of hydrogen-bond acceptors (Lipinski definition) is 6. The molecular weight excluding hydrogens is 476 g/mol. The molecule has 1 aromatic carbocycles. The van der Waals surface area contributed by atoms with Crippen LogP contribution in [0.3, 0.4) is 0 Å². The second kappa shape index (κ2) is 9.81. The first-order valence-corrected chi connectivity index (χ1v) is 10.4. The number of alkyl halides is 6. The summed E-state index contributed by atoms with van der Waals surface area (Å²) < 4.78 is 88.5. The Morgan fingerprint density at radius 2 is 1.76 bits per heavy atom. The summed E-state index contributed by atoms with van der Waals surface area (Å²) in [4.78, 5) is 14.6. The fourth-order valence-electron chi connectivity index (χ4n) is 2.79. The normalized spacial score (nSPS) is 12.1. The number of hydrogen-bond donors (Lipinski definition) is 0. The molecule has 0 saturated carbocycles. The van der Waals surface area contributed by atoms with Crippen molar-refractivity contribution in [2.45, 2.75) is 32.2 Å². The lowest BCUT2D eigenvalue weighted by Crippen LogP contribution is -2.35. The van der Waals surface area contributed by atoms with E-state index in [0.29, 0.717) is 18.6 Å². The van der Waals surface area contributed by atoms with Crippen LogP contribution in [0.5, 0.6) is 5.75 Å². The molecule has 0 spiro atoms. The lowest BCUT2D eigenvalue weighted by molar-refractivity contribution is -0.143. The van der Waals surface area contributed by atoms with Crippen LogP contribution >= 0.6 is 11.3 Å². The predicted molar refractivity (Wildman–Crippen MR) is 105 cm³/mol. The van der Waals surface area contributed by atoms with Gasteiger partial charge in [0.05, 0.1) is 22.5 Å². The summed E-state index contributed by atoms with van der Waals surface area (Å²) in [6.45, 7) is 1.15. The lowest BCUT2D eigenvalue weighted by Gasteiger charge is -2.21. The van der Waals surface area contributed by atoms with E-state index in [2.05, 4.69) is 10.2 Å². The number of amides is 1. The van der Waals surface area contributed by atoms with Gasteiger partial charge in [-0.3, -0.25) is 4.79 Å². The Labute approximate surface area is 187 Å². The summed E-state index contributed by atoms with van der Waals surface area (Å²) in [6.07, 6.45) is -9.51. The molecule has 3 rings (SSSR count). The summed E-state index contributed by atoms with van der Waals surface area (Å²) >= 11 is 1.38. The average Bonchev–Trinajstić information content (AvgIpc) is 3.42. The van der Waals surface area contributed by atoms with Crippen molar-refractivity contribution < 1.29 is 40.3 Å². The third-order valence-corrected chi connectivity index (χ3v) is 5.15. The summed E-state index contributed by atoms with van der Waals surface area (Å²) in [5.74, 6) is -0.999. The summed E-state index contributed by atoms with van der Waals surface area (Å²) in [7, 11) is 0. The Morgan fingerprint density at radius 1 is 1.09 bits per heavy atom. The zero-order valence-electron chi connectivity index (χ0n) is 17.0. The Morgan fingerprint density at radius 3 is 2.30 bits per heavy atom. The number of halogens is 6. The molecule has 6 nitrogen and oxygen atoms in total. The Hall–Kier alpha value is -3.09. The molecule has 0 unspecified atom stereocenters. The maximum Gasteiger partial charge on any atom is 0.416 e. The molecule has 0 aliphatic rings. The minimum Gasteiger partial charge on any atom is -0.484 e. The Bertz CT molecular complexity index is 1050. The molecule has 2 heterocycles. The number of carbonyl (C=O) groups is 1. The van der Waals surface area contributed by atoms with Crippen LogP contribution in [0.25, 0.3) is 10.8 Å². The topological polar surface area (TPSA) is 68.5 Å². The van der Waals surface area contributed by atoms with E-state index in [1.165, 1.54) is 16.2 Å². The molecule has 0 radical (unpaired) electrons. The maximum atomic E-state index is 13.0. The first kappa shape index (κ1) is 24.6. The number of benzene rings is 1. The molecule has 0 bridgehead atoms. The average molecular weight is 493 g/mol. The first-order chi connectivity index (χ1) is 15.5. The number of rotatable bonds is 8. The monoisotopic (exact) mass is 493 g/mol. The van der Waals surface area contributed by atoms with E-state index in [0.717, 1.165) is 4.88 Å². The second-order valence-electron chi connectivity index (χ2n) is 6.82. The fraction of sp³-hybridized carbons (Fsp3) is 0.350. The van der Waals surface area contributed by atoms with Crippen LogP contribution in [-0.4, -0.2) is 34.2 Å². The van der Waals surface area contributed by atoms with Crippen molar-refractivity contribution >= 4 is 17.2 Å². The molecule has 33 heavy (non-hydrogen) atoms. The van der Waals surface area contributed by atoms with E-state index < -0.39 is 41.7 Å². The quantitative estimate of drug-likeness (QED) is 0.379. The van der Waals surface area contributed by atoms with Crippen LogP contribution in [-0.2, 0) is 23.7 Å². The molecule has 0 fully saturated rings. The van der Waals surface area contributed by atoms with E-state index in [4.69, 9.17) is 9.15 Å². The van der Waals surface area contributed by atoms with E-state index in [9.17, 15) is 31.1 Å². The number of thiophene rings is 1. The smallest absolute Gasteiger partial charge is 0.416 e. The summed E-state index contributed by atoms with van der Waals surface area (Å²) in [5, 5.41) is 9.60. The van der Waals surface area contributed by atoms with Crippen molar-refractivity contribution in [2.24, 2.45) is 0 Å². The Balaban J connectivity index is 1.72. The molecule has 0 saturated heterocycles. The minimum atomic E-state index is -5.02. The minimum absolute atomic E-state index is 0.0151. The van der Waals surface area contributed by atoms with Crippen molar-refractivity contribution in [3.05, 3.63) is 52.7 Å². The van der Waals surface area contributed by atoms with Crippen LogP contribution in [0.1, 0.15) is 30.4 Å². The molecule has 2 aromatic heterocycles. The number of aromatic nitrogens is 2. The van der Waals surface area contributed by atoms with Crippen LogP contribution in [0, 0.1) is 0 Å². The van der Waals surface area contributed by atoms with Crippen LogP contribution in [0.15, 0.2) is 40.1 Å². The van der Waals surface area contributed by atoms with Gasteiger partial charge in [0.2, 0.25) is 5.89 Å². The molecule has 3 aromatic rings. The highest BCUT2D eigenvalue weighted by Crippen LogP contribution is 2.38. The van der Waals surface area contributed by atoms with Crippen LogP contribution in [0.4, 0.5) is 26.3 Å². The third kappa shape index (κ3) is 6.46. The predicted octanol–water partition coefficient (Wildman–Crippen LogP) is 5.65. The van der Waals surface area contributed by atoms with Gasteiger partial charge in [-0.1, -0.05) is 13.0 Å². The number of nitrogens with zero attached hydrogens (tertiary/aromatic N) is 3. The summed E-state index contributed by atoms with van der Waals surface area (Å²) in [6, 6.07) is 4.38. The summed E-state index contributed by atoms with van der Waals surface area (Å²) in [5.41, 5.74) is -3.06. The molecule has 0 aliphatic carbocycles. The van der Waals surface area contributed by atoms with E-state index in [1.54, 1.807) is 19.1 Å². The van der Waals surface area contributed by atoms with E-state index >= 15 is 0 Å². The zero-order valence-corrected chi connectivity index (χ0v) is 17.9. The van der Waals surface area contributed by atoms with Gasteiger partial charge >= 0.3 is 12.4 Å². The highest BCUT2D eigenvalue weighted by molar-refractivity contribution is 7.13. The number of carbonyl (C=O) groups excluding carboxylic acids is 1. The zero-order chi connectivity index (χ0) is 24.2. The molecule has 1 amide bonds.